The van der Waals surface area contributed by atoms with Crippen LogP contribution in [0.2, 0.25) is 0 Å². The van der Waals surface area contributed by atoms with Crippen LogP contribution in [0.1, 0.15) is 16.8 Å². The first-order valence-electron chi connectivity index (χ1n) is 6.10. The fraction of sp³-hybridized carbons (Fsp3) is 0.200. The highest BCUT2D eigenvalue weighted by Crippen LogP contribution is 2.30. The molecule has 1 aromatic carbocycles. The van der Waals surface area contributed by atoms with Crippen LogP contribution in [-0.4, -0.2) is 9.97 Å². The molecule has 92 valence electrons. The molecule has 0 spiro atoms. The lowest BCUT2D eigenvalue weighted by atomic mass is 10.1. The molecule has 0 aliphatic carbocycles. The quantitative estimate of drug-likeness (QED) is 0.557. The molecule has 0 saturated carbocycles. The predicted octanol–water partition coefficient (Wildman–Crippen LogP) is 3.67. The molecule has 0 atom stereocenters. The number of nitrogen functional groups attached to an aromatic ring is 1. The molecule has 2 heterocycles. The highest BCUT2D eigenvalue weighted by Gasteiger charge is 2.11. The second-order valence-corrected chi connectivity index (χ2v) is 4.95. The molecule has 3 heteroatoms. The Balaban J connectivity index is 2.29. The predicted molar refractivity (Wildman–Crippen MR) is 76.7 cm³/mol. The van der Waals surface area contributed by atoms with Gasteiger partial charge in [0.1, 0.15) is 0 Å². The smallest absolute Gasteiger partial charge is 0.0651 e. The number of aromatic amines is 2. The van der Waals surface area contributed by atoms with Gasteiger partial charge < -0.3 is 15.7 Å². The average molecular weight is 239 g/mol. The maximum Gasteiger partial charge on any atom is 0.0651 e. The number of nitrogens with two attached hydrogens (primary N) is 1. The van der Waals surface area contributed by atoms with Gasteiger partial charge in [0, 0.05) is 16.8 Å². The maximum atomic E-state index is 6.03. The molecule has 0 aliphatic rings. The standard InChI is InChI=1S/C15H17N3/c1-8-4-5-12(16)11-7-13(18-14(8)11)15-9(2)6-10(3)17-15/h4-7,17-18H,16H2,1-3H3. The molecule has 0 fully saturated rings. The molecule has 2 aromatic heterocycles. The Kier molecular flexibility index (Phi) is 2.23. The van der Waals surface area contributed by atoms with Gasteiger partial charge in [0.15, 0.2) is 0 Å². The first-order valence-corrected chi connectivity index (χ1v) is 6.10. The Bertz CT molecular complexity index is 693. The summed E-state index contributed by atoms with van der Waals surface area (Å²) in [4.78, 5) is 6.85. The zero-order chi connectivity index (χ0) is 12.9. The Labute approximate surface area is 106 Å². The van der Waals surface area contributed by atoms with Crippen molar-refractivity contribution < 1.29 is 0 Å². The summed E-state index contributed by atoms with van der Waals surface area (Å²) in [6, 6.07) is 8.28. The van der Waals surface area contributed by atoms with Crippen LogP contribution in [0.4, 0.5) is 5.69 Å². The summed E-state index contributed by atoms with van der Waals surface area (Å²) in [6.45, 7) is 6.27. The van der Waals surface area contributed by atoms with Crippen LogP contribution in [0.15, 0.2) is 24.3 Å². The van der Waals surface area contributed by atoms with Crippen LogP contribution < -0.4 is 5.73 Å². The van der Waals surface area contributed by atoms with Crippen molar-refractivity contribution in [2.24, 2.45) is 0 Å². The molecule has 3 nitrogen and oxygen atoms in total. The molecular formula is C15H17N3. The number of benzene rings is 1. The van der Waals surface area contributed by atoms with E-state index in [1.54, 1.807) is 0 Å². The normalized spacial score (nSPS) is 11.3. The Morgan fingerprint density at radius 3 is 2.33 bits per heavy atom. The van der Waals surface area contributed by atoms with Gasteiger partial charge in [-0.2, -0.15) is 0 Å². The van der Waals surface area contributed by atoms with Crippen LogP contribution in [0.3, 0.4) is 0 Å². The lowest BCUT2D eigenvalue weighted by molar-refractivity contribution is 1.25. The van der Waals surface area contributed by atoms with E-state index in [1.165, 1.54) is 16.8 Å². The molecule has 0 saturated heterocycles. The summed E-state index contributed by atoms with van der Waals surface area (Å²) >= 11 is 0. The fourth-order valence-corrected chi connectivity index (χ4v) is 2.52. The third-order valence-electron chi connectivity index (χ3n) is 3.45. The Morgan fingerprint density at radius 1 is 0.944 bits per heavy atom. The van der Waals surface area contributed by atoms with Crippen molar-refractivity contribution in [3.8, 4) is 11.4 Å². The Hall–Kier alpha value is -2.16. The van der Waals surface area contributed by atoms with Gasteiger partial charge in [-0.05, 0) is 50.1 Å². The second kappa shape index (κ2) is 3.67. The summed E-state index contributed by atoms with van der Waals surface area (Å²) in [5.41, 5.74) is 13.8. The summed E-state index contributed by atoms with van der Waals surface area (Å²) in [6.07, 6.45) is 0. The average Bonchev–Trinajstić information content (AvgIpc) is 2.88. The van der Waals surface area contributed by atoms with Gasteiger partial charge in [0.25, 0.3) is 0 Å². The van der Waals surface area contributed by atoms with Gasteiger partial charge in [-0.15, -0.1) is 0 Å². The van der Waals surface area contributed by atoms with Crippen molar-refractivity contribution in [3.05, 3.63) is 41.1 Å². The van der Waals surface area contributed by atoms with E-state index in [2.05, 4.69) is 42.9 Å². The van der Waals surface area contributed by atoms with Gasteiger partial charge >= 0.3 is 0 Å². The minimum atomic E-state index is 0.819. The third-order valence-corrected chi connectivity index (χ3v) is 3.45. The number of rotatable bonds is 1. The van der Waals surface area contributed by atoms with Crippen molar-refractivity contribution in [1.29, 1.82) is 0 Å². The first kappa shape index (κ1) is 11.0. The summed E-state index contributed by atoms with van der Waals surface area (Å²) < 4.78 is 0. The van der Waals surface area contributed by atoms with E-state index in [9.17, 15) is 0 Å². The van der Waals surface area contributed by atoms with Crippen LogP contribution in [0, 0.1) is 20.8 Å². The summed E-state index contributed by atoms with van der Waals surface area (Å²) in [5.74, 6) is 0. The zero-order valence-corrected chi connectivity index (χ0v) is 10.9. The topological polar surface area (TPSA) is 57.6 Å². The van der Waals surface area contributed by atoms with E-state index in [0.29, 0.717) is 0 Å². The van der Waals surface area contributed by atoms with E-state index in [1.807, 2.05) is 12.1 Å². The number of fused-ring (bicyclic) bond motifs is 1. The minimum absolute atomic E-state index is 0.819. The number of anilines is 1. The maximum absolute atomic E-state index is 6.03. The van der Waals surface area contributed by atoms with Crippen molar-refractivity contribution in [1.82, 2.24) is 9.97 Å². The number of H-pyrrole nitrogens is 2. The molecule has 3 rings (SSSR count). The van der Waals surface area contributed by atoms with Crippen LogP contribution in [-0.2, 0) is 0 Å². The van der Waals surface area contributed by atoms with Crippen molar-refractivity contribution in [2.45, 2.75) is 20.8 Å². The molecule has 18 heavy (non-hydrogen) atoms. The van der Waals surface area contributed by atoms with Crippen molar-refractivity contribution in [3.63, 3.8) is 0 Å². The van der Waals surface area contributed by atoms with Crippen LogP contribution >= 0.6 is 0 Å². The monoisotopic (exact) mass is 239 g/mol. The van der Waals surface area contributed by atoms with E-state index in [4.69, 9.17) is 5.73 Å². The van der Waals surface area contributed by atoms with E-state index >= 15 is 0 Å². The SMILES string of the molecule is Cc1cc(C)c(-c2cc3c(N)ccc(C)c3[nH]2)[nH]1. The molecule has 0 aliphatic heterocycles. The summed E-state index contributed by atoms with van der Waals surface area (Å²) in [7, 11) is 0. The Morgan fingerprint density at radius 2 is 1.72 bits per heavy atom. The number of aromatic nitrogens is 2. The molecule has 0 bridgehead atoms. The number of hydrogen-bond donors (Lipinski definition) is 3. The van der Waals surface area contributed by atoms with E-state index < -0.39 is 0 Å². The van der Waals surface area contributed by atoms with Gasteiger partial charge in [0.05, 0.1) is 16.9 Å². The molecule has 0 amide bonds. The molecule has 0 unspecified atom stereocenters. The van der Waals surface area contributed by atoms with E-state index in [0.717, 1.165) is 28.0 Å². The molecule has 3 aromatic rings. The van der Waals surface area contributed by atoms with Crippen LogP contribution in [0.25, 0.3) is 22.3 Å². The van der Waals surface area contributed by atoms with Gasteiger partial charge in [-0.3, -0.25) is 0 Å². The minimum Gasteiger partial charge on any atom is -0.398 e. The van der Waals surface area contributed by atoms with Crippen molar-refractivity contribution >= 4 is 16.6 Å². The third kappa shape index (κ3) is 1.51. The zero-order valence-electron chi connectivity index (χ0n) is 10.9. The number of nitrogens with one attached hydrogen (secondary N) is 2. The largest absolute Gasteiger partial charge is 0.398 e. The highest BCUT2D eigenvalue weighted by atomic mass is 14.8. The second-order valence-electron chi connectivity index (χ2n) is 4.95. The number of aryl methyl sites for hydroxylation is 3. The lowest BCUT2D eigenvalue weighted by Gasteiger charge is -1.98. The van der Waals surface area contributed by atoms with Gasteiger partial charge in [0.2, 0.25) is 0 Å². The molecule has 4 N–H and O–H groups in total. The molecular weight excluding hydrogens is 222 g/mol. The molecule has 0 radical (unpaired) electrons. The van der Waals surface area contributed by atoms with Gasteiger partial charge in [-0.1, -0.05) is 6.07 Å². The highest BCUT2D eigenvalue weighted by molar-refractivity contribution is 5.96. The van der Waals surface area contributed by atoms with E-state index in [-0.39, 0.29) is 0 Å². The fourth-order valence-electron chi connectivity index (χ4n) is 2.52. The number of hydrogen-bond acceptors (Lipinski definition) is 1. The van der Waals surface area contributed by atoms with Crippen molar-refractivity contribution in [2.75, 3.05) is 5.73 Å². The lowest BCUT2D eigenvalue weighted by Crippen LogP contribution is -1.86. The van der Waals surface area contributed by atoms with Crippen LogP contribution in [0.5, 0.6) is 0 Å². The first-order chi connectivity index (χ1) is 8.56. The van der Waals surface area contributed by atoms with Gasteiger partial charge in [-0.25, -0.2) is 0 Å². The summed E-state index contributed by atoms with van der Waals surface area (Å²) in [5, 5.41) is 1.09.